The molecule has 6 heteroatoms. The minimum atomic E-state index is -1.10. The van der Waals surface area contributed by atoms with Gasteiger partial charge in [-0.2, -0.15) is 0 Å². The number of hydrogen-bond donors (Lipinski definition) is 4. The maximum absolute atomic E-state index is 9.64. The summed E-state index contributed by atoms with van der Waals surface area (Å²) in [6.45, 7) is 2.13. The van der Waals surface area contributed by atoms with E-state index >= 15 is 0 Å². The van der Waals surface area contributed by atoms with Crippen LogP contribution in [0.25, 0.3) is 0 Å². The molecule has 0 aromatic carbocycles. The highest BCUT2D eigenvalue weighted by Crippen LogP contribution is 2.03. The van der Waals surface area contributed by atoms with E-state index in [9.17, 15) is 9.59 Å². The largest absolute Gasteiger partial charge is 0.481 e. The molecule has 0 aromatic heterocycles. The molecule has 4 N–H and O–H groups in total. The summed E-state index contributed by atoms with van der Waals surface area (Å²) in [5, 5.41) is 32.6. The summed E-state index contributed by atoms with van der Waals surface area (Å²) in [7, 11) is 0. The van der Waals surface area contributed by atoms with Gasteiger partial charge >= 0.3 is 11.9 Å². The van der Waals surface area contributed by atoms with Crippen LogP contribution in [0, 0.1) is 0 Å². The van der Waals surface area contributed by atoms with Crippen LogP contribution in [-0.4, -0.2) is 38.7 Å². The molecule has 0 bridgehead atoms. The lowest BCUT2D eigenvalue weighted by molar-refractivity contribution is -0.143. The lowest BCUT2D eigenvalue weighted by Crippen LogP contribution is -2.02. The van der Waals surface area contributed by atoms with Crippen molar-refractivity contribution in [3.05, 3.63) is 0 Å². The van der Waals surface area contributed by atoms with E-state index in [2.05, 4.69) is 6.92 Å². The Hall–Kier alpha value is -1.14. The first-order chi connectivity index (χ1) is 7.90. The van der Waals surface area contributed by atoms with Crippen LogP contribution in [-0.2, 0) is 9.59 Å². The van der Waals surface area contributed by atoms with Gasteiger partial charge in [-0.15, -0.1) is 0 Å². The standard InChI is InChI=1S/C7H16O2.C4H6O4/c1-2-3-4-5-6-7(8)9;5-3(6)1-2-4(7)8/h7-9H,2-6H2,1H3;1-2H2,(H,5,6)(H,7,8). The van der Waals surface area contributed by atoms with Crippen molar-refractivity contribution in [3.8, 4) is 0 Å². The van der Waals surface area contributed by atoms with E-state index in [1.54, 1.807) is 0 Å². The number of carboxylic acids is 2. The molecule has 17 heavy (non-hydrogen) atoms. The Morgan fingerprint density at radius 2 is 1.41 bits per heavy atom. The van der Waals surface area contributed by atoms with Crippen molar-refractivity contribution in [2.75, 3.05) is 0 Å². The van der Waals surface area contributed by atoms with Gasteiger partial charge in [0.1, 0.15) is 0 Å². The first kappa shape index (κ1) is 18.2. The maximum Gasteiger partial charge on any atom is 0.303 e. The molecule has 0 saturated carbocycles. The zero-order chi connectivity index (χ0) is 13.7. The number of aliphatic carboxylic acids is 2. The van der Waals surface area contributed by atoms with E-state index in [1.165, 1.54) is 12.8 Å². The fourth-order valence-corrected chi connectivity index (χ4v) is 0.968. The topological polar surface area (TPSA) is 115 Å². The average Bonchev–Trinajstić information content (AvgIpc) is 2.22. The van der Waals surface area contributed by atoms with Gasteiger partial charge in [-0.25, -0.2) is 0 Å². The normalized spacial score (nSPS) is 9.65. The van der Waals surface area contributed by atoms with Gasteiger partial charge < -0.3 is 20.4 Å². The Kier molecular flexibility index (Phi) is 13.9. The molecule has 0 saturated heterocycles. The molecule has 0 unspecified atom stereocenters. The van der Waals surface area contributed by atoms with E-state index < -0.39 is 18.2 Å². The second kappa shape index (κ2) is 12.9. The van der Waals surface area contributed by atoms with Crippen molar-refractivity contribution in [2.24, 2.45) is 0 Å². The van der Waals surface area contributed by atoms with Crippen LogP contribution in [0.15, 0.2) is 0 Å². The second-order valence-corrected chi connectivity index (χ2v) is 3.62. The third-order valence-electron chi connectivity index (χ3n) is 1.87. The minimum Gasteiger partial charge on any atom is -0.481 e. The molecule has 6 nitrogen and oxygen atoms in total. The summed E-state index contributed by atoms with van der Waals surface area (Å²) < 4.78 is 0. The Balaban J connectivity index is 0. The number of hydrogen-bond acceptors (Lipinski definition) is 4. The van der Waals surface area contributed by atoms with Crippen LogP contribution in [0.5, 0.6) is 0 Å². The van der Waals surface area contributed by atoms with Crippen molar-refractivity contribution in [3.63, 3.8) is 0 Å². The highest BCUT2D eigenvalue weighted by molar-refractivity contribution is 5.75. The average molecular weight is 250 g/mol. The second-order valence-electron chi connectivity index (χ2n) is 3.62. The molecule has 0 aliphatic heterocycles. The van der Waals surface area contributed by atoms with Crippen LogP contribution in [0.2, 0.25) is 0 Å². The highest BCUT2D eigenvalue weighted by atomic mass is 16.5. The van der Waals surface area contributed by atoms with E-state index in [0.29, 0.717) is 6.42 Å². The summed E-state index contributed by atoms with van der Waals surface area (Å²) in [4.78, 5) is 19.3. The number of rotatable bonds is 8. The number of aliphatic hydroxyl groups is 2. The van der Waals surface area contributed by atoms with Crippen molar-refractivity contribution >= 4 is 11.9 Å². The summed E-state index contributed by atoms with van der Waals surface area (Å²) in [5.41, 5.74) is 0. The SMILES string of the molecule is CCCCCCC(O)O.O=C(O)CCC(=O)O. The van der Waals surface area contributed by atoms with Gasteiger partial charge in [0.15, 0.2) is 6.29 Å². The van der Waals surface area contributed by atoms with Crippen LogP contribution in [0.1, 0.15) is 51.9 Å². The Labute approximate surface area is 101 Å². The van der Waals surface area contributed by atoms with E-state index in [4.69, 9.17) is 20.4 Å². The predicted octanol–water partition coefficient (Wildman–Crippen LogP) is 1.20. The molecule has 0 radical (unpaired) electrons. The predicted molar refractivity (Wildman–Crippen MR) is 61.5 cm³/mol. The number of carboxylic acid groups (broad SMARTS) is 2. The maximum atomic E-state index is 9.64. The summed E-state index contributed by atoms with van der Waals surface area (Å²) in [6.07, 6.45) is 3.29. The zero-order valence-corrected chi connectivity index (χ0v) is 10.1. The smallest absolute Gasteiger partial charge is 0.303 e. The van der Waals surface area contributed by atoms with Crippen LogP contribution in [0.4, 0.5) is 0 Å². The lowest BCUT2D eigenvalue weighted by atomic mass is 10.1. The molecular weight excluding hydrogens is 228 g/mol. The highest BCUT2D eigenvalue weighted by Gasteiger charge is 2.00. The molecule has 0 heterocycles. The van der Waals surface area contributed by atoms with Crippen LogP contribution in [0.3, 0.4) is 0 Å². The van der Waals surface area contributed by atoms with E-state index in [1.807, 2.05) is 0 Å². The number of carbonyl (C=O) groups is 2. The van der Waals surface area contributed by atoms with Crippen molar-refractivity contribution in [1.82, 2.24) is 0 Å². The van der Waals surface area contributed by atoms with Gasteiger partial charge in [0.05, 0.1) is 12.8 Å². The lowest BCUT2D eigenvalue weighted by Gasteiger charge is -2.00. The van der Waals surface area contributed by atoms with Gasteiger partial charge in [0, 0.05) is 0 Å². The first-order valence-corrected chi connectivity index (χ1v) is 5.69. The van der Waals surface area contributed by atoms with Gasteiger partial charge in [-0.05, 0) is 12.8 Å². The van der Waals surface area contributed by atoms with Crippen molar-refractivity contribution in [1.29, 1.82) is 0 Å². The van der Waals surface area contributed by atoms with Crippen LogP contribution < -0.4 is 0 Å². The molecule has 0 aromatic rings. The quantitative estimate of drug-likeness (QED) is 0.380. The molecule has 0 spiro atoms. The third kappa shape index (κ3) is 25.3. The third-order valence-corrected chi connectivity index (χ3v) is 1.87. The summed E-state index contributed by atoms with van der Waals surface area (Å²) in [6, 6.07) is 0. The Morgan fingerprint density at radius 1 is 0.941 bits per heavy atom. The van der Waals surface area contributed by atoms with Crippen molar-refractivity contribution < 1.29 is 30.0 Å². The molecule has 0 aliphatic rings. The Morgan fingerprint density at radius 3 is 1.71 bits per heavy atom. The van der Waals surface area contributed by atoms with Crippen molar-refractivity contribution in [2.45, 2.75) is 58.2 Å². The van der Waals surface area contributed by atoms with Gasteiger partial charge in [-0.1, -0.05) is 26.2 Å². The van der Waals surface area contributed by atoms with E-state index in [0.717, 1.165) is 12.8 Å². The molecule has 0 rings (SSSR count). The first-order valence-electron chi connectivity index (χ1n) is 5.69. The fraction of sp³-hybridized carbons (Fsp3) is 0.818. The summed E-state index contributed by atoms with van der Waals surface area (Å²) in [5.74, 6) is -2.15. The molecular formula is C11H22O6. The molecule has 0 aliphatic carbocycles. The zero-order valence-electron chi connectivity index (χ0n) is 10.1. The summed E-state index contributed by atoms with van der Waals surface area (Å²) >= 11 is 0. The number of aliphatic hydroxyl groups excluding tert-OH is 1. The van der Waals surface area contributed by atoms with Gasteiger partial charge in [0.2, 0.25) is 0 Å². The van der Waals surface area contributed by atoms with Crippen LogP contribution >= 0.6 is 0 Å². The minimum absolute atomic E-state index is 0.296. The molecule has 0 amide bonds. The number of unbranched alkanes of at least 4 members (excludes halogenated alkanes) is 3. The molecule has 0 atom stereocenters. The van der Waals surface area contributed by atoms with Gasteiger partial charge in [-0.3, -0.25) is 9.59 Å². The van der Waals surface area contributed by atoms with Gasteiger partial charge in [0.25, 0.3) is 0 Å². The van der Waals surface area contributed by atoms with E-state index in [-0.39, 0.29) is 12.8 Å². The molecule has 102 valence electrons. The molecule has 0 fully saturated rings. The monoisotopic (exact) mass is 250 g/mol. The Bertz CT molecular complexity index is 188. The fourth-order valence-electron chi connectivity index (χ4n) is 0.968.